The second-order valence-corrected chi connectivity index (χ2v) is 4.09. The van der Waals surface area contributed by atoms with Gasteiger partial charge in [0.25, 0.3) is 0 Å². The van der Waals surface area contributed by atoms with Gasteiger partial charge < -0.3 is 9.47 Å². The third kappa shape index (κ3) is 3.11. The first-order valence-electron chi connectivity index (χ1n) is 3.85. The molecular weight excluding hydrogens is 253 g/mol. The molecule has 2 nitrogen and oxygen atoms in total. The molecule has 0 spiro atoms. The van der Waals surface area contributed by atoms with Crippen molar-refractivity contribution in [1.82, 2.24) is 0 Å². The molecule has 78 valence electrons. The molecular formula is C7H10BrF3O2. The molecule has 1 rings (SSSR count). The molecule has 6 heteroatoms. The summed E-state index contributed by atoms with van der Waals surface area (Å²) < 4.78 is 45.9. The van der Waals surface area contributed by atoms with Crippen LogP contribution in [0.5, 0.6) is 0 Å². The third-order valence-corrected chi connectivity index (χ3v) is 2.66. The Morgan fingerprint density at radius 3 is 2.46 bits per heavy atom. The molecule has 0 aromatic carbocycles. The fraction of sp³-hybridized carbons (Fsp3) is 1.00. The molecule has 1 heterocycles. The van der Waals surface area contributed by atoms with E-state index >= 15 is 0 Å². The van der Waals surface area contributed by atoms with Crippen LogP contribution in [0.15, 0.2) is 0 Å². The van der Waals surface area contributed by atoms with Crippen LogP contribution in [0, 0.1) is 0 Å². The van der Waals surface area contributed by atoms with Gasteiger partial charge in [0.1, 0.15) is 0 Å². The Morgan fingerprint density at radius 2 is 2.08 bits per heavy atom. The molecule has 0 amide bonds. The molecule has 0 bridgehead atoms. The summed E-state index contributed by atoms with van der Waals surface area (Å²) in [4.78, 5) is -0.141. The smallest absolute Gasteiger partial charge is 0.377 e. The number of hydrogen-bond donors (Lipinski definition) is 0. The number of rotatable bonds is 2. The second kappa shape index (κ2) is 4.14. The fourth-order valence-electron chi connectivity index (χ4n) is 0.972. The molecule has 1 saturated heterocycles. The van der Waals surface area contributed by atoms with E-state index in [-0.39, 0.29) is 11.4 Å². The van der Waals surface area contributed by atoms with Gasteiger partial charge in [-0.05, 0) is 6.92 Å². The largest absolute Gasteiger partial charge is 0.414 e. The Morgan fingerprint density at radius 1 is 1.46 bits per heavy atom. The molecule has 3 atom stereocenters. The van der Waals surface area contributed by atoms with E-state index in [1.165, 1.54) is 0 Å². The lowest BCUT2D eigenvalue weighted by Gasteiger charge is -2.21. The van der Waals surface area contributed by atoms with Gasteiger partial charge in [-0.2, -0.15) is 13.2 Å². The topological polar surface area (TPSA) is 18.5 Å². The molecule has 3 unspecified atom stereocenters. The molecule has 13 heavy (non-hydrogen) atoms. The SMILES string of the molecule is CC(OC1COCC1Br)C(F)(F)F. The van der Waals surface area contributed by atoms with Crippen LogP contribution in [-0.2, 0) is 9.47 Å². The summed E-state index contributed by atoms with van der Waals surface area (Å²) in [6, 6.07) is 0. The van der Waals surface area contributed by atoms with Crippen LogP contribution in [-0.4, -0.2) is 36.4 Å². The van der Waals surface area contributed by atoms with Crippen LogP contribution in [0.4, 0.5) is 13.2 Å². The van der Waals surface area contributed by atoms with Gasteiger partial charge in [0.2, 0.25) is 0 Å². The van der Waals surface area contributed by atoms with E-state index in [0.29, 0.717) is 6.61 Å². The van der Waals surface area contributed by atoms with E-state index in [2.05, 4.69) is 15.9 Å². The monoisotopic (exact) mass is 262 g/mol. The minimum absolute atomic E-state index is 0.141. The molecule has 0 aromatic rings. The molecule has 1 fully saturated rings. The van der Waals surface area contributed by atoms with Gasteiger partial charge in [0, 0.05) is 0 Å². The van der Waals surface area contributed by atoms with Gasteiger partial charge in [-0.3, -0.25) is 0 Å². The zero-order valence-corrected chi connectivity index (χ0v) is 8.56. The van der Waals surface area contributed by atoms with Crippen molar-refractivity contribution in [3.05, 3.63) is 0 Å². The maximum atomic E-state index is 12.0. The van der Waals surface area contributed by atoms with Crippen molar-refractivity contribution < 1.29 is 22.6 Å². The van der Waals surface area contributed by atoms with Gasteiger partial charge in [0.15, 0.2) is 6.10 Å². The van der Waals surface area contributed by atoms with E-state index in [0.717, 1.165) is 6.92 Å². The fourth-order valence-corrected chi connectivity index (χ4v) is 1.44. The van der Waals surface area contributed by atoms with Crippen LogP contribution >= 0.6 is 15.9 Å². The third-order valence-electron chi connectivity index (χ3n) is 1.80. The first-order chi connectivity index (χ1) is 5.91. The highest BCUT2D eigenvalue weighted by molar-refractivity contribution is 9.09. The van der Waals surface area contributed by atoms with Crippen LogP contribution in [0.2, 0.25) is 0 Å². The van der Waals surface area contributed by atoms with Crippen molar-refractivity contribution in [2.45, 2.75) is 30.1 Å². The summed E-state index contributed by atoms with van der Waals surface area (Å²) in [7, 11) is 0. The average Bonchev–Trinajstić information content (AvgIpc) is 2.34. The summed E-state index contributed by atoms with van der Waals surface area (Å²) >= 11 is 3.18. The number of ether oxygens (including phenoxy) is 2. The summed E-state index contributed by atoms with van der Waals surface area (Å²) in [6.07, 6.45) is -6.54. The molecule has 1 aliphatic rings. The van der Waals surface area contributed by atoms with Crippen molar-refractivity contribution >= 4 is 15.9 Å². The summed E-state index contributed by atoms with van der Waals surface area (Å²) in [6.45, 7) is 1.61. The van der Waals surface area contributed by atoms with Crippen LogP contribution in [0.1, 0.15) is 6.92 Å². The standard InChI is InChI=1S/C7H10BrF3O2/c1-4(7(9,10)11)13-6-3-12-2-5(6)8/h4-6H,2-3H2,1H3. The van der Waals surface area contributed by atoms with E-state index in [9.17, 15) is 13.2 Å². The van der Waals surface area contributed by atoms with Crippen LogP contribution < -0.4 is 0 Å². The number of hydrogen-bond acceptors (Lipinski definition) is 2. The lowest BCUT2D eigenvalue weighted by atomic mass is 10.3. The van der Waals surface area contributed by atoms with Crippen LogP contribution in [0.3, 0.4) is 0 Å². The van der Waals surface area contributed by atoms with E-state index in [1.807, 2.05) is 0 Å². The van der Waals surface area contributed by atoms with Crippen molar-refractivity contribution in [2.75, 3.05) is 13.2 Å². The molecule has 1 aliphatic heterocycles. The maximum absolute atomic E-state index is 12.0. The minimum atomic E-state index is -4.30. The zero-order valence-electron chi connectivity index (χ0n) is 6.97. The van der Waals surface area contributed by atoms with Crippen molar-refractivity contribution in [1.29, 1.82) is 0 Å². The average molecular weight is 263 g/mol. The van der Waals surface area contributed by atoms with E-state index in [4.69, 9.17) is 9.47 Å². The van der Waals surface area contributed by atoms with Gasteiger partial charge in [-0.1, -0.05) is 15.9 Å². The van der Waals surface area contributed by atoms with Gasteiger partial charge in [0.05, 0.1) is 24.1 Å². The Kier molecular flexibility index (Phi) is 3.59. The Bertz CT molecular complexity index is 174. The van der Waals surface area contributed by atoms with Gasteiger partial charge in [-0.25, -0.2) is 0 Å². The normalized spacial score (nSPS) is 32.1. The predicted octanol–water partition coefficient (Wildman–Crippen LogP) is 2.12. The highest BCUT2D eigenvalue weighted by Gasteiger charge is 2.40. The van der Waals surface area contributed by atoms with Gasteiger partial charge >= 0.3 is 6.18 Å². The highest BCUT2D eigenvalue weighted by atomic mass is 79.9. The summed E-state index contributed by atoms with van der Waals surface area (Å²) in [5, 5.41) is 0. The highest BCUT2D eigenvalue weighted by Crippen LogP contribution is 2.27. The summed E-state index contributed by atoms with van der Waals surface area (Å²) in [5.41, 5.74) is 0. The van der Waals surface area contributed by atoms with E-state index in [1.54, 1.807) is 0 Å². The second-order valence-electron chi connectivity index (χ2n) is 2.91. The van der Waals surface area contributed by atoms with Crippen molar-refractivity contribution in [2.24, 2.45) is 0 Å². The molecule has 0 N–H and O–H groups in total. The number of halogens is 4. The van der Waals surface area contributed by atoms with Crippen molar-refractivity contribution in [3.8, 4) is 0 Å². The quantitative estimate of drug-likeness (QED) is 0.710. The molecule has 0 saturated carbocycles. The first kappa shape index (κ1) is 11.3. The van der Waals surface area contributed by atoms with Crippen LogP contribution in [0.25, 0.3) is 0 Å². The molecule has 0 aliphatic carbocycles. The lowest BCUT2D eigenvalue weighted by Crippen LogP contribution is -2.35. The predicted molar refractivity (Wildman–Crippen MR) is 43.9 cm³/mol. The molecule has 0 aromatic heterocycles. The number of alkyl halides is 4. The van der Waals surface area contributed by atoms with E-state index < -0.39 is 18.4 Å². The van der Waals surface area contributed by atoms with Gasteiger partial charge in [-0.15, -0.1) is 0 Å². The Hall–Kier alpha value is 0.190. The Balaban J connectivity index is 2.40. The maximum Gasteiger partial charge on any atom is 0.414 e. The minimum Gasteiger partial charge on any atom is -0.377 e. The lowest BCUT2D eigenvalue weighted by molar-refractivity contribution is -0.225. The molecule has 0 radical (unpaired) electrons. The zero-order chi connectivity index (χ0) is 10.1. The van der Waals surface area contributed by atoms with Crippen molar-refractivity contribution in [3.63, 3.8) is 0 Å². The first-order valence-corrected chi connectivity index (χ1v) is 4.77. The summed E-state index contributed by atoms with van der Waals surface area (Å²) in [5.74, 6) is 0. The Labute approximate surface area is 82.5 Å².